The zero-order valence-electron chi connectivity index (χ0n) is 10.5. The molecular weight excluding hydrogens is 294 g/mol. The maximum absolute atomic E-state index is 13.1. The van der Waals surface area contributed by atoms with E-state index in [0.29, 0.717) is 23.2 Å². The standard InChI is InChI=1S/C12H14F2O5S/c13-12(14,20(16,17)18)10(15)19-4-7-6-1-5-2-11(9(5)6)3-8(7)11/h5-9H,1-4H2,(H,16,17,18). The van der Waals surface area contributed by atoms with Crippen molar-refractivity contribution in [2.75, 3.05) is 6.61 Å². The fraction of sp³-hybridized carbons (Fsp3) is 0.917. The average molecular weight is 308 g/mol. The van der Waals surface area contributed by atoms with Crippen molar-refractivity contribution in [1.82, 2.24) is 0 Å². The predicted octanol–water partition coefficient (Wildman–Crippen LogP) is 1.30. The second kappa shape index (κ2) is 3.35. The monoisotopic (exact) mass is 308 g/mol. The van der Waals surface area contributed by atoms with Crippen LogP contribution < -0.4 is 0 Å². The predicted molar refractivity (Wildman–Crippen MR) is 61.2 cm³/mol. The second-order valence-electron chi connectivity index (χ2n) is 6.69. The highest BCUT2D eigenvalue weighted by Crippen LogP contribution is 2.87. The van der Waals surface area contributed by atoms with Crippen molar-refractivity contribution in [2.24, 2.45) is 35.0 Å². The summed E-state index contributed by atoms with van der Waals surface area (Å²) in [5.74, 6) is 0.246. The molecule has 0 saturated heterocycles. The lowest BCUT2D eigenvalue weighted by atomic mass is 9.48. The van der Waals surface area contributed by atoms with E-state index in [4.69, 9.17) is 4.55 Å². The summed E-state index contributed by atoms with van der Waals surface area (Å²) >= 11 is 0. The van der Waals surface area contributed by atoms with Crippen LogP contribution in [0, 0.1) is 35.0 Å². The first-order valence-electron chi connectivity index (χ1n) is 6.70. The minimum Gasteiger partial charge on any atom is -0.460 e. The first-order chi connectivity index (χ1) is 9.18. The lowest BCUT2D eigenvalue weighted by molar-refractivity contribution is -0.165. The first-order valence-corrected chi connectivity index (χ1v) is 8.14. The van der Waals surface area contributed by atoms with E-state index < -0.39 is 21.3 Å². The summed E-state index contributed by atoms with van der Waals surface area (Å²) in [6.45, 7) is -0.162. The second-order valence-corrected chi connectivity index (χ2v) is 8.15. The number of alkyl halides is 2. The molecule has 0 amide bonds. The van der Waals surface area contributed by atoms with Gasteiger partial charge in [0.05, 0.1) is 6.61 Å². The van der Waals surface area contributed by atoms with E-state index in [1.165, 1.54) is 6.42 Å². The van der Waals surface area contributed by atoms with Crippen LogP contribution in [0.5, 0.6) is 0 Å². The molecule has 0 aromatic carbocycles. The summed E-state index contributed by atoms with van der Waals surface area (Å²) < 4.78 is 59.9. The van der Waals surface area contributed by atoms with Gasteiger partial charge in [0.1, 0.15) is 0 Å². The molecule has 1 N–H and O–H groups in total. The maximum atomic E-state index is 13.1. The van der Waals surface area contributed by atoms with Crippen LogP contribution in [0.25, 0.3) is 0 Å². The molecule has 0 aromatic heterocycles. The highest BCUT2D eigenvalue weighted by Gasteiger charge is 2.81. The number of esters is 1. The van der Waals surface area contributed by atoms with Crippen LogP contribution in [0.3, 0.4) is 0 Å². The highest BCUT2D eigenvalue weighted by molar-refractivity contribution is 7.87. The summed E-state index contributed by atoms with van der Waals surface area (Å²) in [7, 11) is -5.77. The van der Waals surface area contributed by atoms with Gasteiger partial charge in [-0.15, -0.1) is 0 Å². The molecule has 1 spiro atoms. The zero-order valence-corrected chi connectivity index (χ0v) is 11.3. The molecule has 4 fully saturated rings. The van der Waals surface area contributed by atoms with Crippen LogP contribution >= 0.6 is 0 Å². The normalized spacial score (nSPS) is 47.6. The molecular formula is C12H14F2O5S. The quantitative estimate of drug-likeness (QED) is 0.625. The minimum atomic E-state index is -5.77. The van der Waals surface area contributed by atoms with Crippen molar-refractivity contribution in [1.29, 1.82) is 0 Å². The number of hydrogen-bond donors (Lipinski definition) is 1. The van der Waals surface area contributed by atoms with Gasteiger partial charge >= 0.3 is 21.3 Å². The summed E-state index contributed by atoms with van der Waals surface area (Å²) in [5, 5.41) is -4.88. The van der Waals surface area contributed by atoms with Crippen LogP contribution in [0.1, 0.15) is 19.3 Å². The zero-order chi connectivity index (χ0) is 14.5. The van der Waals surface area contributed by atoms with E-state index in [2.05, 4.69) is 4.74 Å². The van der Waals surface area contributed by atoms with Crippen LogP contribution in [-0.2, 0) is 19.6 Å². The Labute approximate surface area is 114 Å². The van der Waals surface area contributed by atoms with Gasteiger partial charge in [-0.25, -0.2) is 4.79 Å². The van der Waals surface area contributed by atoms with Crippen LogP contribution in [0.4, 0.5) is 8.78 Å². The van der Waals surface area contributed by atoms with E-state index >= 15 is 0 Å². The van der Waals surface area contributed by atoms with E-state index in [1.54, 1.807) is 0 Å². The van der Waals surface area contributed by atoms with Gasteiger partial charge in [-0.05, 0) is 54.3 Å². The van der Waals surface area contributed by atoms with Crippen molar-refractivity contribution in [2.45, 2.75) is 24.5 Å². The van der Waals surface area contributed by atoms with Gasteiger partial charge in [-0.3, -0.25) is 4.55 Å². The first kappa shape index (κ1) is 12.9. The molecule has 6 unspecified atom stereocenters. The number of halogens is 2. The van der Waals surface area contributed by atoms with Gasteiger partial charge in [0.25, 0.3) is 0 Å². The van der Waals surface area contributed by atoms with Crippen LogP contribution in [0.15, 0.2) is 0 Å². The summed E-state index contributed by atoms with van der Waals surface area (Å²) in [6, 6.07) is 0. The Morgan fingerprint density at radius 2 is 2.10 bits per heavy atom. The fourth-order valence-corrected chi connectivity index (χ4v) is 5.52. The van der Waals surface area contributed by atoms with Crippen molar-refractivity contribution >= 4 is 16.1 Å². The molecule has 0 radical (unpaired) electrons. The smallest absolute Gasteiger partial charge is 0.460 e. The van der Waals surface area contributed by atoms with E-state index in [0.717, 1.165) is 18.8 Å². The average Bonchev–Trinajstić information content (AvgIpc) is 2.98. The lowest BCUT2D eigenvalue weighted by Crippen LogP contribution is -2.51. The van der Waals surface area contributed by atoms with Gasteiger partial charge in [0, 0.05) is 0 Å². The third kappa shape index (κ3) is 1.30. The maximum Gasteiger partial charge on any atom is 0.465 e. The third-order valence-corrected chi connectivity index (χ3v) is 6.88. The fourth-order valence-electron chi connectivity index (χ4n) is 5.25. The Kier molecular flexibility index (Phi) is 2.17. The van der Waals surface area contributed by atoms with E-state index in [-0.39, 0.29) is 12.5 Å². The van der Waals surface area contributed by atoms with E-state index in [1.807, 2.05) is 0 Å². The molecule has 4 aliphatic carbocycles. The van der Waals surface area contributed by atoms with Crippen LogP contribution in [0.2, 0.25) is 0 Å². The van der Waals surface area contributed by atoms with Crippen molar-refractivity contribution < 1.29 is 31.3 Å². The van der Waals surface area contributed by atoms with Gasteiger partial charge in [0.2, 0.25) is 0 Å². The molecule has 8 heteroatoms. The third-order valence-electron chi connectivity index (χ3n) is 6.06. The molecule has 20 heavy (non-hydrogen) atoms. The summed E-state index contributed by atoms with van der Waals surface area (Å²) in [5.41, 5.74) is 0.399. The number of carbonyl (C=O) groups excluding carboxylic acids is 1. The van der Waals surface area contributed by atoms with Crippen molar-refractivity contribution in [3.8, 4) is 0 Å². The molecule has 6 atom stereocenters. The Hall–Kier alpha value is -0.760. The molecule has 5 nitrogen and oxygen atoms in total. The van der Waals surface area contributed by atoms with Gasteiger partial charge in [0.15, 0.2) is 0 Å². The van der Waals surface area contributed by atoms with Crippen molar-refractivity contribution in [3.63, 3.8) is 0 Å². The molecule has 0 aliphatic heterocycles. The SMILES string of the molecule is O=C(OCC1C2CC3CC4(CC14)C32)C(F)(F)S(=O)(=O)O. The van der Waals surface area contributed by atoms with Gasteiger partial charge in [-0.2, -0.15) is 17.2 Å². The Bertz CT molecular complexity index is 599. The summed E-state index contributed by atoms with van der Waals surface area (Å²) in [6.07, 6.45) is 3.37. The molecule has 4 aliphatic rings. The Morgan fingerprint density at radius 3 is 2.65 bits per heavy atom. The molecule has 0 bridgehead atoms. The number of rotatable bonds is 4. The van der Waals surface area contributed by atoms with Gasteiger partial charge < -0.3 is 4.74 Å². The molecule has 4 rings (SSSR count). The lowest BCUT2D eigenvalue weighted by Gasteiger charge is -2.57. The molecule has 0 heterocycles. The molecule has 4 saturated carbocycles. The topological polar surface area (TPSA) is 80.7 Å². The molecule has 0 aromatic rings. The van der Waals surface area contributed by atoms with Crippen molar-refractivity contribution in [3.05, 3.63) is 0 Å². The number of carbonyl (C=O) groups is 1. The molecule has 112 valence electrons. The number of hydrogen-bond acceptors (Lipinski definition) is 4. The number of ether oxygens (including phenoxy) is 1. The minimum absolute atomic E-state index is 0.0832. The largest absolute Gasteiger partial charge is 0.465 e. The Balaban J connectivity index is 1.41. The van der Waals surface area contributed by atoms with E-state index in [9.17, 15) is 22.0 Å². The van der Waals surface area contributed by atoms with Crippen LogP contribution in [-0.4, -0.2) is 30.8 Å². The highest BCUT2D eigenvalue weighted by atomic mass is 32.2. The van der Waals surface area contributed by atoms with Gasteiger partial charge in [-0.1, -0.05) is 0 Å². The Morgan fingerprint density at radius 1 is 1.40 bits per heavy atom. The summed E-state index contributed by atoms with van der Waals surface area (Å²) in [4.78, 5) is 11.2.